The smallest absolute Gasteiger partial charge is 0.343 e. The Kier molecular flexibility index (Phi) is 3.56. The molecule has 2 aromatic carbocycles. The molecule has 19 heavy (non-hydrogen) atoms. The maximum atomic E-state index is 11.9. The molecule has 0 heterocycles. The molecule has 0 saturated carbocycles. The van der Waals surface area contributed by atoms with Crippen LogP contribution in [0.3, 0.4) is 0 Å². The van der Waals surface area contributed by atoms with Crippen molar-refractivity contribution in [2.24, 2.45) is 0 Å². The first kappa shape index (κ1) is 12.8. The van der Waals surface area contributed by atoms with Crippen LogP contribution in [0.4, 0.5) is 5.69 Å². The number of non-ortho nitro benzene ring substituents is 1. The van der Waals surface area contributed by atoms with Gasteiger partial charge in [-0.15, -0.1) is 0 Å². The molecule has 0 aliphatic carbocycles. The van der Waals surface area contributed by atoms with Gasteiger partial charge in [0, 0.05) is 6.07 Å². The second-order valence-electron chi connectivity index (χ2n) is 4.01. The molecule has 0 aliphatic rings. The first-order chi connectivity index (χ1) is 9.06. The Morgan fingerprint density at radius 3 is 2.58 bits per heavy atom. The van der Waals surface area contributed by atoms with Gasteiger partial charge in [-0.25, -0.2) is 4.79 Å². The first-order valence-corrected chi connectivity index (χ1v) is 5.59. The number of benzene rings is 2. The van der Waals surface area contributed by atoms with Crippen molar-refractivity contribution in [3.05, 3.63) is 69.8 Å². The van der Waals surface area contributed by atoms with Crippen molar-refractivity contribution in [1.29, 1.82) is 0 Å². The van der Waals surface area contributed by atoms with Crippen molar-refractivity contribution >= 4 is 11.7 Å². The third-order valence-corrected chi connectivity index (χ3v) is 2.49. The molecule has 5 heteroatoms. The van der Waals surface area contributed by atoms with Crippen LogP contribution < -0.4 is 4.74 Å². The number of esters is 1. The lowest BCUT2D eigenvalue weighted by Gasteiger charge is -2.04. The SMILES string of the molecule is Cc1cccc(C(=O)Oc2cccc([N+](=O)[O-])c2)c1. The maximum absolute atomic E-state index is 11.9. The van der Waals surface area contributed by atoms with E-state index in [1.165, 1.54) is 24.3 Å². The topological polar surface area (TPSA) is 69.4 Å². The Balaban J connectivity index is 2.19. The van der Waals surface area contributed by atoms with Crippen molar-refractivity contribution in [1.82, 2.24) is 0 Å². The zero-order chi connectivity index (χ0) is 13.8. The summed E-state index contributed by atoms with van der Waals surface area (Å²) in [5.74, 6) is -0.384. The summed E-state index contributed by atoms with van der Waals surface area (Å²) >= 11 is 0. The quantitative estimate of drug-likeness (QED) is 0.366. The minimum Gasteiger partial charge on any atom is -0.423 e. The second-order valence-corrected chi connectivity index (χ2v) is 4.01. The molecule has 0 amide bonds. The Labute approximate surface area is 109 Å². The lowest BCUT2D eigenvalue weighted by atomic mass is 10.1. The standard InChI is InChI=1S/C14H11NO4/c1-10-4-2-5-11(8-10)14(16)19-13-7-3-6-12(9-13)15(17)18/h2-9H,1H3. The zero-order valence-corrected chi connectivity index (χ0v) is 10.2. The van der Waals surface area contributed by atoms with Gasteiger partial charge in [-0.05, 0) is 25.1 Å². The van der Waals surface area contributed by atoms with Gasteiger partial charge in [-0.2, -0.15) is 0 Å². The highest BCUT2D eigenvalue weighted by atomic mass is 16.6. The molecule has 96 valence electrons. The van der Waals surface area contributed by atoms with E-state index in [0.29, 0.717) is 5.56 Å². The van der Waals surface area contributed by atoms with Gasteiger partial charge >= 0.3 is 5.97 Å². The predicted octanol–water partition coefficient (Wildman–Crippen LogP) is 3.12. The van der Waals surface area contributed by atoms with E-state index in [2.05, 4.69) is 0 Å². The molecule has 0 saturated heterocycles. The number of rotatable bonds is 3. The third kappa shape index (κ3) is 3.16. The molecule has 2 rings (SSSR count). The van der Waals surface area contributed by atoms with Gasteiger partial charge in [0.05, 0.1) is 16.6 Å². The largest absolute Gasteiger partial charge is 0.423 e. The van der Waals surface area contributed by atoms with E-state index < -0.39 is 10.9 Å². The van der Waals surface area contributed by atoms with Gasteiger partial charge in [-0.3, -0.25) is 10.1 Å². The molecule has 0 aromatic heterocycles. The van der Waals surface area contributed by atoms with Crippen molar-refractivity contribution < 1.29 is 14.5 Å². The van der Waals surface area contributed by atoms with Crippen LogP contribution in [-0.2, 0) is 0 Å². The van der Waals surface area contributed by atoms with Crippen LogP contribution in [0, 0.1) is 17.0 Å². The number of carbonyl (C=O) groups excluding carboxylic acids is 1. The van der Waals surface area contributed by atoms with E-state index in [0.717, 1.165) is 5.56 Å². The van der Waals surface area contributed by atoms with Gasteiger partial charge in [0.25, 0.3) is 5.69 Å². The fraction of sp³-hybridized carbons (Fsp3) is 0.0714. The fourth-order valence-electron chi connectivity index (χ4n) is 1.60. The van der Waals surface area contributed by atoms with Crippen LogP contribution in [0.2, 0.25) is 0 Å². The third-order valence-electron chi connectivity index (χ3n) is 2.49. The molecule has 0 aliphatic heterocycles. The Morgan fingerprint density at radius 2 is 1.89 bits per heavy atom. The molecule has 0 spiro atoms. The van der Waals surface area contributed by atoms with Crippen LogP contribution in [0.1, 0.15) is 15.9 Å². The van der Waals surface area contributed by atoms with Gasteiger partial charge in [0.1, 0.15) is 5.75 Å². The summed E-state index contributed by atoms with van der Waals surface area (Å²) in [4.78, 5) is 21.9. The number of aryl methyl sites for hydroxylation is 1. The Bertz CT molecular complexity index is 637. The minimum absolute atomic E-state index is 0.116. The van der Waals surface area contributed by atoms with Crippen molar-refractivity contribution in [2.75, 3.05) is 0 Å². The zero-order valence-electron chi connectivity index (χ0n) is 10.2. The number of hydrogen-bond donors (Lipinski definition) is 0. The normalized spacial score (nSPS) is 9.95. The molecule has 0 unspecified atom stereocenters. The average Bonchev–Trinajstić information content (AvgIpc) is 2.39. The maximum Gasteiger partial charge on any atom is 0.343 e. The highest BCUT2D eigenvalue weighted by Crippen LogP contribution is 2.20. The molecule has 0 N–H and O–H groups in total. The molecular weight excluding hydrogens is 246 g/mol. The van der Waals surface area contributed by atoms with Gasteiger partial charge in [0.2, 0.25) is 0 Å². The second kappa shape index (κ2) is 5.30. The number of hydrogen-bond acceptors (Lipinski definition) is 4. The van der Waals surface area contributed by atoms with E-state index in [1.807, 2.05) is 13.0 Å². The number of carbonyl (C=O) groups is 1. The summed E-state index contributed by atoms with van der Waals surface area (Å²) in [5.41, 5.74) is 1.23. The van der Waals surface area contributed by atoms with E-state index in [1.54, 1.807) is 18.2 Å². The van der Waals surface area contributed by atoms with Crippen LogP contribution in [-0.4, -0.2) is 10.9 Å². The van der Waals surface area contributed by atoms with Gasteiger partial charge in [-0.1, -0.05) is 23.8 Å². The first-order valence-electron chi connectivity index (χ1n) is 5.59. The van der Waals surface area contributed by atoms with Crippen LogP contribution in [0.5, 0.6) is 5.75 Å². The molecule has 0 atom stereocenters. The summed E-state index contributed by atoms with van der Waals surface area (Å²) < 4.78 is 5.10. The summed E-state index contributed by atoms with van der Waals surface area (Å²) in [6, 6.07) is 12.5. The van der Waals surface area contributed by atoms with E-state index in [9.17, 15) is 14.9 Å². The molecule has 0 fully saturated rings. The average molecular weight is 257 g/mol. The fourth-order valence-corrected chi connectivity index (χ4v) is 1.60. The molecular formula is C14H11NO4. The predicted molar refractivity (Wildman–Crippen MR) is 69.2 cm³/mol. The number of ether oxygens (including phenoxy) is 1. The van der Waals surface area contributed by atoms with Crippen molar-refractivity contribution in [3.8, 4) is 5.75 Å². The summed E-state index contributed by atoms with van der Waals surface area (Å²) in [7, 11) is 0. The number of nitrogens with zero attached hydrogens (tertiary/aromatic N) is 1. The Morgan fingerprint density at radius 1 is 1.16 bits per heavy atom. The van der Waals surface area contributed by atoms with Crippen LogP contribution in [0.15, 0.2) is 48.5 Å². The van der Waals surface area contributed by atoms with Gasteiger partial charge < -0.3 is 4.74 Å². The summed E-state index contributed by atoms with van der Waals surface area (Å²) in [5, 5.41) is 10.6. The van der Waals surface area contributed by atoms with Crippen LogP contribution in [0.25, 0.3) is 0 Å². The highest BCUT2D eigenvalue weighted by molar-refractivity contribution is 5.91. The van der Waals surface area contributed by atoms with Gasteiger partial charge in [0.15, 0.2) is 0 Å². The lowest BCUT2D eigenvalue weighted by Crippen LogP contribution is -2.08. The van der Waals surface area contributed by atoms with E-state index in [4.69, 9.17) is 4.74 Å². The molecule has 5 nitrogen and oxygen atoms in total. The van der Waals surface area contributed by atoms with Crippen molar-refractivity contribution in [2.45, 2.75) is 6.92 Å². The molecule has 0 bridgehead atoms. The lowest BCUT2D eigenvalue weighted by molar-refractivity contribution is -0.384. The highest BCUT2D eigenvalue weighted by Gasteiger charge is 2.11. The monoisotopic (exact) mass is 257 g/mol. The molecule has 2 aromatic rings. The minimum atomic E-state index is -0.538. The van der Waals surface area contributed by atoms with Crippen LogP contribution >= 0.6 is 0 Å². The molecule has 0 radical (unpaired) electrons. The summed E-state index contributed by atoms with van der Waals surface area (Å²) in [6.07, 6.45) is 0. The number of nitro benzene ring substituents is 1. The van der Waals surface area contributed by atoms with Crippen molar-refractivity contribution in [3.63, 3.8) is 0 Å². The number of nitro groups is 1. The summed E-state index contributed by atoms with van der Waals surface area (Å²) in [6.45, 7) is 1.87. The van der Waals surface area contributed by atoms with E-state index in [-0.39, 0.29) is 11.4 Å². The van der Waals surface area contributed by atoms with E-state index >= 15 is 0 Å². The Hall–Kier alpha value is -2.69.